The van der Waals surface area contributed by atoms with Crippen molar-refractivity contribution in [2.75, 3.05) is 5.32 Å². The predicted octanol–water partition coefficient (Wildman–Crippen LogP) is 2.15. The van der Waals surface area contributed by atoms with E-state index in [9.17, 15) is 5.11 Å². The molecular weight excluding hydrogens is 226 g/mol. The Bertz CT molecular complexity index is 513. The number of rotatable bonds is 2. The number of benzene rings is 1. The summed E-state index contributed by atoms with van der Waals surface area (Å²) >= 11 is 0. The Hall–Kier alpha value is -2.04. The lowest BCUT2D eigenvalue weighted by atomic mass is 9.92. The first kappa shape index (κ1) is 12.4. The molecular formula is C14H15N3O. The highest BCUT2D eigenvalue weighted by molar-refractivity contribution is 5.56. The van der Waals surface area contributed by atoms with Crippen molar-refractivity contribution in [3.05, 3.63) is 29.3 Å². The van der Waals surface area contributed by atoms with E-state index in [1.54, 1.807) is 18.2 Å². The minimum Gasteiger partial charge on any atom is -0.391 e. The first-order valence-corrected chi connectivity index (χ1v) is 6.13. The lowest BCUT2D eigenvalue weighted by molar-refractivity contribution is 0.116. The van der Waals surface area contributed by atoms with Crippen molar-refractivity contribution >= 4 is 5.69 Å². The Morgan fingerprint density at radius 3 is 2.50 bits per heavy atom. The van der Waals surface area contributed by atoms with Crippen molar-refractivity contribution in [1.29, 1.82) is 10.5 Å². The van der Waals surface area contributed by atoms with Gasteiger partial charge in [0.25, 0.3) is 0 Å². The molecule has 4 heteroatoms. The van der Waals surface area contributed by atoms with Gasteiger partial charge in [-0.1, -0.05) is 12.8 Å². The fraction of sp³-hybridized carbons (Fsp3) is 0.429. The molecule has 1 aromatic carbocycles. The Labute approximate surface area is 106 Å². The fourth-order valence-corrected chi connectivity index (χ4v) is 2.32. The molecule has 2 atom stereocenters. The number of aliphatic hydroxyl groups excluding tert-OH is 1. The summed E-state index contributed by atoms with van der Waals surface area (Å²) in [5.74, 6) is 0. The van der Waals surface area contributed by atoms with Crippen LogP contribution in [-0.2, 0) is 0 Å². The van der Waals surface area contributed by atoms with Gasteiger partial charge in [-0.25, -0.2) is 0 Å². The summed E-state index contributed by atoms with van der Waals surface area (Å²) in [6.07, 6.45) is 3.59. The number of nitrogens with zero attached hydrogens (tertiary/aromatic N) is 2. The second kappa shape index (κ2) is 5.53. The van der Waals surface area contributed by atoms with E-state index in [2.05, 4.69) is 5.32 Å². The highest BCUT2D eigenvalue weighted by Crippen LogP contribution is 2.23. The Morgan fingerprint density at radius 2 is 1.83 bits per heavy atom. The van der Waals surface area contributed by atoms with Gasteiger partial charge in [0.15, 0.2) is 0 Å². The third kappa shape index (κ3) is 2.61. The van der Waals surface area contributed by atoms with Crippen LogP contribution in [0.1, 0.15) is 36.8 Å². The molecule has 1 aromatic rings. The summed E-state index contributed by atoms with van der Waals surface area (Å²) < 4.78 is 0. The van der Waals surface area contributed by atoms with Gasteiger partial charge in [0, 0.05) is 5.69 Å². The minimum absolute atomic E-state index is 0.0400. The topological polar surface area (TPSA) is 79.8 Å². The van der Waals surface area contributed by atoms with Crippen LogP contribution in [0.15, 0.2) is 18.2 Å². The lowest BCUT2D eigenvalue weighted by Crippen LogP contribution is -2.36. The SMILES string of the molecule is N#Cc1ccc(N[C@@H]2CCCC[C@H]2O)cc1C#N. The summed E-state index contributed by atoms with van der Waals surface area (Å²) in [7, 11) is 0. The van der Waals surface area contributed by atoms with Crippen LogP contribution in [0.2, 0.25) is 0 Å². The minimum atomic E-state index is -0.333. The summed E-state index contributed by atoms with van der Waals surface area (Å²) in [6, 6.07) is 9.12. The molecule has 92 valence electrons. The highest BCUT2D eigenvalue weighted by Gasteiger charge is 2.22. The van der Waals surface area contributed by atoms with Crippen molar-refractivity contribution in [2.24, 2.45) is 0 Å². The normalized spacial score (nSPS) is 22.8. The van der Waals surface area contributed by atoms with Crippen LogP contribution >= 0.6 is 0 Å². The summed E-state index contributed by atoms with van der Waals surface area (Å²) in [6.45, 7) is 0. The van der Waals surface area contributed by atoms with E-state index in [1.807, 2.05) is 12.1 Å². The van der Waals surface area contributed by atoms with Crippen molar-refractivity contribution in [1.82, 2.24) is 0 Å². The van der Waals surface area contributed by atoms with E-state index in [0.717, 1.165) is 31.4 Å². The van der Waals surface area contributed by atoms with Crippen LogP contribution in [0, 0.1) is 22.7 Å². The second-order valence-electron chi connectivity index (χ2n) is 4.59. The quantitative estimate of drug-likeness (QED) is 0.831. The Balaban J connectivity index is 2.15. The molecule has 0 heterocycles. The number of hydrogen-bond donors (Lipinski definition) is 2. The van der Waals surface area contributed by atoms with Crippen LogP contribution in [0.25, 0.3) is 0 Å². The number of anilines is 1. The molecule has 0 bridgehead atoms. The van der Waals surface area contributed by atoms with Gasteiger partial charge in [0.1, 0.15) is 12.1 Å². The van der Waals surface area contributed by atoms with Crippen LogP contribution in [-0.4, -0.2) is 17.3 Å². The molecule has 18 heavy (non-hydrogen) atoms. The number of hydrogen-bond acceptors (Lipinski definition) is 4. The molecule has 2 N–H and O–H groups in total. The van der Waals surface area contributed by atoms with Gasteiger partial charge in [-0.3, -0.25) is 0 Å². The smallest absolute Gasteiger partial charge is 0.101 e. The Kier molecular flexibility index (Phi) is 3.82. The average molecular weight is 241 g/mol. The maximum atomic E-state index is 9.88. The molecule has 1 fully saturated rings. The van der Waals surface area contributed by atoms with Crippen LogP contribution < -0.4 is 5.32 Å². The Morgan fingerprint density at radius 1 is 1.11 bits per heavy atom. The number of nitriles is 2. The lowest BCUT2D eigenvalue weighted by Gasteiger charge is -2.29. The van der Waals surface area contributed by atoms with Gasteiger partial charge >= 0.3 is 0 Å². The monoisotopic (exact) mass is 241 g/mol. The van der Waals surface area contributed by atoms with E-state index in [-0.39, 0.29) is 12.1 Å². The van der Waals surface area contributed by atoms with Crippen molar-refractivity contribution < 1.29 is 5.11 Å². The first-order chi connectivity index (χ1) is 8.74. The molecule has 0 saturated heterocycles. The third-order valence-electron chi connectivity index (χ3n) is 3.34. The van der Waals surface area contributed by atoms with E-state index in [4.69, 9.17) is 10.5 Å². The van der Waals surface area contributed by atoms with Crippen molar-refractivity contribution in [2.45, 2.75) is 37.8 Å². The van der Waals surface area contributed by atoms with Crippen LogP contribution in [0.5, 0.6) is 0 Å². The van der Waals surface area contributed by atoms with Gasteiger partial charge in [-0.2, -0.15) is 10.5 Å². The molecule has 0 aromatic heterocycles. The van der Waals surface area contributed by atoms with Crippen LogP contribution in [0.4, 0.5) is 5.69 Å². The van der Waals surface area contributed by atoms with Gasteiger partial charge in [-0.05, 0) is 31.0 Å². The summed E-state index contributed by atoms with van der Waals surface area (Å²) in [5.41, 5.74) is 1.54. The van der Waals surface area contributed by atoms with Crippen molar-refractivity contribution in [3.8, 4) is 12.1 Å². The van der Waals surface area contributed by atoms with Gasteiger partial charge < -0.3 is 10.4 Å². The second-order valence-corrected chi connectivity index (χ2v) is 4.59. The fourth-order valence-electron chi connectivity index (χ4n) is 2.32. The van der Waals surface area contributed by atoms with E-state index in [0.29, 0.717) is 11.1 Å². The summed E-state index contributed by atoms with van der Waals surface area (Å²) in [4.78, 5) is 0. The predicted molar refractivity (Wildman–Crippen MR) is 67.8 cm³/mol. The van der Waals surface area contributed by atoms with E-state index in [1.165, 1.54) is 0 Å². The zero-order chi connectivity index (χ0) is 13.0. The van der Waals surface area contributed by atoms with E-state index >= 15 is 0 Å². The van der Waals surface area contributed by atoms with Crippen molar-refractivity contribution in [3.63, 3.8) is 0 Å². The molecule has 1 saturated carbocycles. The number of aliphatic hydroxyl groups is 1. The first-order valence-electron chi connectivity index (χ1n) is 6.13. The maximum absolute atomic E-state index is 9.88. The average Bonchev–Trinajstić information content (AvgIpc) is 2.41. The zero-order valence-corrected chi connectivity index (χ0v) is 10.1. The standard InChI is InChI=1S/C14H15N3O/c15-8-10-5-6-12(7-11(10)9-16)17-13-3-1-2-4-14(13)18/h5-7,13-14,17-18H,1-4H2/t13-,14-/m1/s1. The maximum Gasteiger partial charge on any atom is 0.101 e. The zero-order valence-electron chi connectivity index (χ0n) is 10.1. The van der Waals surface area contributed by atoms with Gasteiger partial charge in [0.05, 0.1) is 23.3 Å². The molecule has 0 amide bonds. The molecule has 1 aliphatic carbocycles. The molecule has 0 unspecified atom stereocenters. The van der Waals surface area contributed by atoms with Crippen LogP contribution in [0.3, 0.4) is 0 Å². The van der Waals surface area contributed by atoms with Gasteiger partial charge in [-0.15, -0.1) is 0 Å². The molecule has 0 radical (unpaired) electrons. The molecule has 4 nitrogen and oxygen atoms in total. The molecule has 2 rings (SSSR count). The van der Waals surface area contributed by atoms with Gasteiger partial charge in [0.2, 0.25) is 0 Å². The highest BCUT2D eigenvalue weighted by atomic mass is 16.3. The third-order valence-corrected chi connectivity index (χ3v) is 3.34. The largest absolute Gasteiger partial charge is 0.391 e. The molecule has 1 aliphatic rings. The van der Waals surface area contributed by atoms with E-state index < -0.39 is 0 Å². The number of nitrogens with one attached hydrogen (secondary N) is 1. The molecule has 0 spiro atoms. The summed E-state index contributed by atoms with van der Waals surface area (Å²) in [5, 5.41) is 30.9. The molecule has 0 aliphatic heterocycles.